The van der Waals surface area contributed by atoms with Crippen LogP contribution in [0.5, 0.6) is 0 Å². The fourth-order valence-corrected chi connectivity index (χ4v) is 2.89. The molecule has 0 fully saturated rings. The Balaban J connectivity index is 0.00000364. The van der Waals surface area contributed by atoms with E-state index < -0.39 is 0 Å². The van der Waals surface area contributed by atoms with E-state index in [0.29, 0.717) is 0 Å². The zero-order chi connectivity index (χ0) is 18.6. The van der Waals surface area contributed by atoms with E-state index in [1.165, 1.54) is 24.0 Å². The van der Waals surface area contributed by atoms with Crippen LogP contribution in [0.15, 0.2) is 58.5 Å². The van der Waals surface area contributed by atoms with Crippen LogP contribution in [0.4, 0.5) is 11.4 Å². The van der Waals surface area contributed by atoms with Crippen molar-refractivity contribution in [2.75, 3.05) is 0 Å². The van der Waals surface area contributed by atoms with E-state index in [1.54, 1.807) is 0 Å². The molecule has 0 radical (unpaired) electrons. The summed E-state index contributed by atoms with van der Waals surface area (Å²) in [5, 5.41) is 0. The summed E-state index contributed by atoms with van der Waals surface area (Å²) in [7, 11) is 0. The van der Waals surface area contributed by atoms with E-state index in [1.807, 2.05) is 6.21 Å². The van der Waals surface area contributed by atoms with Crippen molar-refractivity contribution < 1.29 is 20.4 Å². The van der Waals surface area contributed by atoms with Crippen molar-refractivity contribution >= 4 is 23.3 Å². The molecule has 27 heavy (non-hydrogen) atoms. The van der Waals surface area contributed by atoms with E-state index in [9.17, 15) is 0 Å². The predicted octanol–water partition coefficient (Wildman–Crippen LogP) is 7.25. The van der Waals surface area contributed by atoms with E-state index in [-0.39, 0.29) is 20.4 Å². The molecule has 0 saturated heterocycles. The zero-order valence-electron chi connectivity index (χ0n) is 16.9. The summed E-state index contributed by atoms with van der Waals surface area (Å²) < 4.78 is 0. The molecule has 0 aromatic heterocycles. The van der Waals surface area contributed by atoms with Gasteiger partial charge in [0, 0.05) is 26.6 Å². The molecule has 2 rings (SSSR count). The topological polar surface area (TPSA) is 24.7 Å². The largest absolute Gasteiger partial charge is 0.255 e. The van der Waals surface area contributed by atoms with Crippen LogP contribution in [0.3, 0.4) is 0 Å². The van der Waals surface area contributed by atoms with Gasteiger partial charge in [-0.05, 0) is 61.1 Å². The SMILES string of the molecule is CCCCC(C=Nc1ccc(CCC)cc1)=Nc1ccc(CCC)cc1.[Pd]. The number of nitrogens with zero attached hydrogens (tertiary/aromatic N) is 2. The van der Waals surface area contributed by atoms with Gasteiger partial charge >= 0.3 is 0 Å². The minimum Gasteiger partial charge on any atom is -0.255 e. The maximum absolute atomic E-state index is 4.83. The van der Waals surface area contributed by atoms with Crippen LogP contribution in [-0.2, 0) is 33.3 Å². The fourth-order valence-electron chi connectivity index (χ4n) is 2.89. The third-order valence-corrected chi connectivity index (χ3v) is 4.37. The molecule has 0 bridgehead atoms. The number of benzene rings is 2. The summed E-state index contributed by atoms with van der Waals surface area (Å²) >= 11 is 0. The Hall–Kier alpha value is -1.56. The first-order chi connectivity index (χ1) is 12.7. The van der Waals surface area contributed by atoms with Gasteiger partial charge in [-0.15, -0.1) is 0 Å². The van der Waals surface area contributed by atoms with Crippen LogP contribution in [0, 0.1) is 0 Å². The van der Waals surface area contributed by atoms with Crippen molar-refractivity contribution in [1.82, 2.24) is 0 Å². The second-order valence-corrected chi connectivity index (χ2v) is 6.80. The summed E-state index contributed by atoms with van der Waals surface area (Å²) in [6.07, 6.45) is 9.79. The molecule has 0 saturated carbocycles. The minimum atomic E-state index is 0. The number of rotatable bonds is 10. The average molecular weight is 455 g/mol. The second-order valence-electron chi connectivity index (χ2n) is 6.80. The molecule has 2 aromatic carbocycles. The van der Waals surface area contributed by atoms with Gasteiger partial charge in [-0.2, -0.15) is 0 Å². The molecule has 0 aliphatic carbocycles. The van der Waals surface area contributed by atoms with Gasteiger partial charge in [0.25, 0.3) is 0 Å². The molecule has 0 amide bonds. The predicted molar refractivity (Wildman–Crippen MR) is 116 cm³/mol. The number of hydrogen-bond donors (Lipinski definition) is 0. The van der Waals surface area contributed by atoms with Crippen molar-refractivity contribution in [3.63, 3.8) is 0 Å². The molecule has 0 aliphatic rings. The molecular formula is C24H32N2Pd. The molecular weight excluding hydrogens is 423 g/mol. The summed E-state index contributed by atoms with van der Waals surface area (Å²) in [6, 6.07) is 17.1. The maximum atomic E-state index is 4.83. The van der Waals surface area contributed by atoms with Crippen molar-refractivity contribution in [3.8, 4) is 0 Å². The van der Waals surface area contributed by atoms with Gasteiger partial charge in [0.05, 0.1) is 17.1 Å². The summed E-state index contributed by atoms with van der Waals surface area (Å²) in [5.41, 5.74) is 5.81. The first-order valence-electron chi connectivity index (χ1n) is 10.0. The molecule has 2 aromatic rings. The third-order valence-electron chi connectivity index (χ3n) is 4.37. The number of hydrogen-bond acceptors (Lipinski definition) is 2. The van der Waals surface area contributed by atoms with Crippen molar-refractivity contribution in [3.05, 3.63) is 59.7 Å². The summed E-state index contributed by atoms with van der Waals surface area (Å²) in [5.74, 6) is 0. The number of unbranched alkanes of at least 4 members (excludes halogenated alkanes) is 1. The molecule has 0 N–H and O–H groups in total. The van der Waals surface area contributed by atoms with Crippen LogP contribution in [-0.4, -0.2) is 11.9 Å². The molecule has 3 heteroatoms. The molecule has 2 nitrogen and oxygen atoms in total. The minimum absolute atomic E-state index is 0. The van der Waals surface area contributed by atoms with E-state index in [0.717, 1.165) is 49.2 Å². The molecule has 0 atom stereocenters. The Bertz CT molecular complexity index is 700. The zero-order valence-corrected chi connectivity index (χ0v) is 18.4. The molecule has 148 valence electrons. The first kappa shape index (κ1) is 23.5. The van der Waals surface area contributed by atoms with E-state index in [2.05, 4.69) is 74.3 Å². The van der Waals surface area contributed by atoms with Gasteiger partial charge in [-0.25, -0.2) is 0 Å². The van der Waals surface area contributed by atoms with Crippen LogP contribution >= 0.6 is 0 Å². The standard InChI is InChI=1S/C24H32N2.Pd/c1-4-7-10-24(26-23-17-13-21(9-6-3)14-18-23)19-25-22-15-11-20(8-5-2)12-16-22;/h11-19H,4-10H2,1-3H3;. The van der Waals surface area contributed by atoms with Gasteiger partial charge in [0.15, 0.2) is 0 Å². The van der Waals surface area contributed by atoms with E-state index >= 15 is 0 Å². The number of aryl methyl sites for hydroxylation is 2. The van der Waals surface area contributed by atoms with Crippen LogP contribution in [0.1, 0.15) is 64.0 Å². The third kappa shape index (κ3) is 8.78. The Morgan fingerprint density at radius 3 is 1.74 bits per heavy atom. The summed E-state index contributed by atoms with van der Waals surface area (Å²) in [6.45, 7) is 6.62. The van der Waals surface area contributed by atoms with Crippen LogP contribution < -0.4 is 0 Å². The van der Waals surface area contributed by atoms with Crippen LogP contribution in [0.2, 0.25) is 0 Å². The van der Waals surface area contributed by atoms with E-state index in [4.69, 9.17) is 4.99 Å². The smallest absolute Gasteiger partial charge is 0.0633 e. The van der Waals surface area contributed by atoms with Crippen molar-refractivity contribution in [1.29, 1.82) is 0 Å². The van der Waals surface area contributed by atoms with Crippen molar-refractivity contribution in [2.24, 2.45) is 9.98 Å². The van der Waals surface area contributed by atoms with Gasteiger partial charge in [0.2, 0.25) is 0 Å². The Morgan fingerprint density at radius 2 is 1.26 bits per heavy atom. The van der Waals surface area contributed by atoms with Gasteiger partial charge < -0.3 is 0 Å². The monoisotopic (exact) mass is 454 g/mol. The van der Waals surface area contributed by atoms with Crippen LogP contribution in [0.25, 0.3) is 0 Å². The molecule has 0 aliphatic heterocycles. The maximum Gasteiger partial charge on any atom is 0.0633 e. The average Bonchev–Trinajstić information content (AvgIpc) is 2.67. The van der Waals surface area contributed by atoms with Crippen molar-refractivity contribution in [2.45, 2.75) is 65.7 Å². The van der Waals surface area contributed by atoms with Gasteiger partial charge in [-0.1, -0.05) is 64.3 Å². The molecule has 0 heterocycles. The fraction of sp³-hybridized carbons (Fsp3) is 0.417. The first-order valence-corrected chi connectivity index (χ1v) is 10.0. The van der Waals surface area contributed by atoms with Gasteiger partial charge in [0.1, 0.15) is 0 Å². The molecule has 0 spiro atoms. The molecule has 0 unspecified atom stereocenters. The summed E-state index contributed by atoms with van der Waals surface area (Å²) in [4.78, 5) is 9.47. The Kier molecular flexibility index (Phi) is 11.8. The second kappa shape index (κ2) is 13.6. The quantitative estimate of drug-likeness (QED) is 0.267. The van der Waals surface area contributed by atoms with Gasteiger partial charge in [-0.3, -0.25) is 9.98 Å². The Morgan fingerprint density at radius 1 is 0.741 bits per heavy atom. The number of aliphatic imine (C=N–C) groups is 2. The Labute approximate surface area is 178 Å². The normalized spacial score (nSPS) is 11.6.